The summed E-state index contributed by atoms with van der Waals surface area (Å²) in [5.41, 5.74) is 10.3. The predicted octanol–water partition coefficient (Wildman–Crippen LogP) is 3.38. The zero-order valence-electron chi connectivity index (χ0n) is 16.7. The van der Waals surface area contributed by atoms with Crippen LogP contribution in [0, 0.1) is 5.92 Å². The highest BCUT2D eigenvalue weighted by molar-refractivity contribution is 5.82. The lowest BCUT2D eigenvalue weighted by Gasteiger charge is -2.31. The van der Waals surface area contributed by atoms with Crippen LogP contribution in [0.3, 0.4) is 0 Å². The second-order valence-corrected chi connectivity index (χ2v) is 7.74. The fourth-order valence-electron chi connectivity index (χ4n) is 4.10. The van der Waals surface area contributed by atoms with Gasteiger partial charge in [-0.25, -0.2) is 15.0 Å². The highest BCUT2D eigenvalue weighted by Crippen LogP contribution is 2.28. The number of hydrogen-bond donors (Lipinski definition) is 2. The Hall–Kier alpha value is -3.26. The van der Waals surface area contributed by atoms with Crippen molar-refractivity contribution in [2.24, 2.45) is 5.92 Å². The lowest BCUT2D eigenvalue weighted by Crippen LogP contribution is -2.40. The SMILES string of the molecule is Nc1ncc(C2=CCN(C(=O)C3CCOCC3)CC2)nc1-c1nc2ccccc2[nH]1.[HH].[HH].[HH]. The molecule has 1 saturated heterocycles. The van der Waals surface area contributed by atoms with Gasteiger partial charge in [-0.2, -0.15) is 0 Å². The van der Waals surface area contributed by atoms with Crippen LogP contribution in [0.1, 0.15) is 29.2 Å². The number of amides is 1. The van der Waals surface area contributed by atoms with Crippen LogP contribution in [-0.4, -0.2) is 57.0 Å². The van der Waals surface area contributed by atoms with Crippen LogP contribution in [0.2, 0.25) is 0 Å². The van der Waals surface area contributed by atoms with E-state index in [1.807, 2.05) is 29.2 Å². The van der Waals surface area contributed by atoms with Crippen molar-refractivity contribution in [2.45, 2.75) is 19.3 Å². The fourth-order valence-corrected chi connectivity index (χ4v) is 4.10. The fraction of sp³-hybridized carbons (Fsp3) is 0.364. The number of carbonyl (C=O) groups is 1. The van der Waals surface area contributed by atoms with Crippen LogP contribution in [0.25, 0.3) is 28.1 Å². The lowest BCUT2D eigenvalue weighted by atomic mass is 9.97. The van der Waals surface area contributed by atoms with Crippen LogP contribution < -0.4 is 5.73 Å². The minimum absolute atomic E-state index is 0. The van der Waals surface area contributed by atoms with E-state index in [0.29, 0.717) is 43.6 Å². The summed E-state index contributed by atoms with van der Waals surface area (Å²) in [5, 5.41) is 0. The van der Waals surface area contributed by atoms with Crippen molar-refractivity contribution in [3.05, 3.63) is 42.2 Å². The first kappa shape index (κ1) is 18.7. The third kappa shape index (κ3) is 3.54. The molecule has 0 atom stereocenters. The van der Waals surface area contributed by atoms with Crippen molar-refractivity contribution in [1.82, 2.24) is 24.8 Å². The Morgan fingerprint density at radius 2 is 2.07 bits per heavy atom. The number of nitrogens with one attached hydrogen (secondary N) is 1. The maximum absolute atomic E-state index is 12.7. The molecule has 0 aliphatic carbocycles. The molecule has 8 heteroatoms. The Labute approximate surface area is 178 Å². The number of rotatable bonds is 3. The van der Waals surface area contributed by atoms with E-state index in [-0.39, 0.29) is 16.1 Å². The van der Waals surface area contributed by atoms with E-state index in [1.165, 1.54) is 0 Å². The van der Waals surface area contributed by atoms with Crippen LogP contribution in [0.15, 0.2) is 36.5 Å². The zero-order chi connectivity index (χ0) is 20.5. The van der Waals surface area contributed by atoms with Crippen molar-refractivity contribution in [3.63, 3.8) is 0 Å². The molecule has 2 aliphatic rings. The number of ether oxygens (including phenoxy) is 1. The Bertz CT molecular complexity index is 1100. The van der Waals surface area contributed by atoms with Gasteiger partial charge in [0.05, 0.1) is 22.9 Å². The Morgan fingerprint density at radius 3 is 2.83 bits per heavy atom. The topological polar surface area (TPSA) is 110 Å². The minimum Gasteiger partial charge on any atom is -0.382 e. The molecule has 1 amide bonds. The zero-order valence-corrected chi connectivity index (χ0v) is 16.7. The first-order valence-corrected chi connectivity index (χ1v) is 10.3. The Balaban J connectivity index is 0.00000128. The number of H-pyrrole nitrogens is 1. The largest absolute Gasteiger partial charge is 0.382 e. The number of para-hydroxylation sites is 2. The Morgan fingerprint density at radius 1 is 1.23 bits per heavy atom. The number of anilines is 1. The molecule has 2 aliphatic heterocycles. The van der Waals surface area contributed by atoms with Crippen molar-refractivity contribution < 1.29 is 13.8 Å². The summed E-state index contributed by atoms with van der Waals surface area (Å²) in [7, 11) is 0. The van der Waals surface area contributed by atoms with Gasteiger partial charge < -0.3 is 20.4 Å². The smallest absolute Gasteiger partial charge is 0.226 e. The summed E-state index contributed by atoms with van der Waals surface area (Å²) in [6.07, 6.45) is 6.14. The molecule has 30 heavy (non-hydrogen) atoms. The van der Waals surface area contributed by atoms with Gasteiger partial charge >= 0.3 is 0 Å². The van der Waals surface area contributed by atoms with Gasteiger partial charge in [-0.1, -0.05) is 18.2 Å². The van der Waals surface area contributed by atoms with E-state index in [2.05, 4.69) is 21.0 Å². The van der Waals surface area contributed by atoms with Crippen molar-refractivity contribution in [2.75, 3.05) is 32.0 Å². The minimum atomic E-state index is 0. The lowest BCUT2D eigenvalue weighted by molar-refractivity contribution is -0.138. The number of benzene rings is 1. The summed E-state index contributed by atoms with van der Waals surface area (Å²) >= 11 is 0. The molecule has 8 nitrogen and oxygen atoms in total. The predicted molar refractivity (Wildman–Crippen MR) is 121 cm³/mol. The molecule has 1 aromatic carbocycles. The third-order valence-electron chi connectivity index (χ3n) is 5.83. The molecule has 0 unspecified atom stereocenters. The van der Waals surface area contributed by atoms with Crippen molar-refractivity contribution in [1.29, 1.82) is 0 Å². The normalized spacial score (nSPS) is 17.9. The third-order valence-corrected chi connectivity index (χ3v) is 5.83. The van der Waals surface area contributed by atoms with Crippen LogP contribution in [0.5, 0.6) is 0 Å². The molecule has 160 valence electrons. The second kappa shape index (κ2) is 7.87. The summed E-state index contributed by atoms with van der Waals surface area (Å²) in [6.45, 7) is 2.64. The van der Waals surface area contributed by atoms with Crippen LogP contribution in [-0.2, 0) is 9.53 Å². The molecule has 5 rings (SSSR count). The molecular formula is C22H30N6O2. The van der Waals surface area contributed by atoms with E-state index < -0.39 is 0 Å². The van der Waals surface area contributed by atoms with Gasteiger partial charge in [0.1, 0.15) is 5.69 Å². The van der Waals surface area contributed by atoms with Gasteiger partial charge in [0.25, 0.3) is 0 Å². The first-order chi connectivity index (χ1) is 14.7. The number of aromatic nitrogens is 4. The van der Waals surface area contributed by atoms with Gasteiger partial charge in [-0.15, -0.1) is 0 Å². The molecular weight excluding hydrogens is 380 g/mol. The number of nitrogens with zero attached hydrogens (tertiary/aromatic N) is 4. The van der Waals surface area contributed by atoms with Crippen LogP contribution in [0.4, 0.5) is 5.82 Å². The highest BCUT2D eigenvalue weighted by Gasteiger charge is 2.27. The quantitative estimate of drug-likeness (QED) is 0.685. The summed E-state index contributed by atoms with van der Waals surface area (Å²) in [6, 6.07) is 7.80. The monoisotopic (exact) mass is 410 g/mol. The van der Waals surface area contributed by atoms with Gasteiger partial charge in [0.15, 0.2) is 11.6 Å². The molecule has 2 aromatic heterocycles. The number of nitrogens with two attached hydrogens (primary N) is 1. The van der Waals surface area contributed by atoms with Gasteiger partial charge in [0, 0.05) is 36.5 Å². The molecule has 3 N–H and O–H groups in total. The molecule has 3 aromatic rings. The molecule has 1 fully saturated rings. The van der Waals surface area contributed by atoms with Gasteiger partial charge in [-0.05, 0) is 37.0 Å². The van der Waals surface area contributed by atoms with E-state index >= 15 is 0 Å². The maximum atomic E-state index is 12.7. The van der Waals surface area contributed by atoms with E-state index in [0.717, 1.165) is 41.6 Å². The standard InChI is InChI=1S/C22H24N6O2.3H2/c23-20-19(21-26-16-3-1-2-4-17(16)27-21)25-18(13-24-20)14-5-9-28(10-6-14)22(29)15-7-11-30-12-8-15;;;/h1-5,13,15H,6-12H2,(H2,23,24)(H,26,27);3*1H. The van der Waals surface area contributed by atoms with Gasteiger partial charge in [-0.3, -0.25) is 4.79 Å². The number of hydrogen-bond acceptors (Lipinski definition) is 6. The summed E-state index contributed by atoms with van der Waals surface area (Å²) in [4.78, 5) is 31.6. The van der Waals surface area contributed by atoms with E-state index in [9.17, 15) is 4.79 Å². The molecule has 4 heterocycles. The van der Waals surface area contributed by atoms with E-state index in [4.69, 9.17) is 15.5 Å². The first-order valence-electron chi connectivity index (χ1n) is 10.3. The molecule has 0 radical (unpaired) electrons. The molecule has 0 saturated carbocycles. The number of carbonyl (C=O) groups excluding carboxylic acids is 1. The number of nitrogen functional groups attached to an aromatic ring is 1. The van der Waals surface area contributed by atoms with Gasteiger partial charge in [0.2, 0.25) is 5.91 Å². The maximum Gasteiger partial charge on any atom is 0.226 e. The number of imidazole rings is 1. The summed E-state index contributed by atoms with van der Waals surface area (Å²) < 4.78 is 5.37. The second-order valence-electron chi connectivity index (χ2n) is 7.74. The Kier molecular flexibility index (Phi) is 4.92. The average Bonchev–Trinajstić information content (AvgIpc) is 3.24. The van der Waals surface area contributed by atoms with Crippen LogP contribution >= 0.6 is 0 Å². The summed E-state index contributed by atoms with van der Waals surface area (Å²) in [5.74, 6) is 1.27. The van der Waals surface area contributed by atoms with E-state index in [1.54, 1.807) is 6.20 Å². The van der Waals surface area contributed by atoms with Crippen molar-refractivity contribution in [3.8, 4) is 11.5 Å². The number of fused-ring (bicyclic) bond motifs is 1. The average molecular weight is 411 g/mol. The molecule has 0 bridgehead atoms. The highest BCUT2D eigenvalue weighted by atomic mass is 16.5. The number of aromatic amines is 1. The molecule has 0 spiro atoms. The van der Waals surface area contributed by atoms with Crippen molar-refractivity contribution >= 4 is 28.3 Å².